The topological polar surface area (TPSA) is 89.2 Å². The van der Waals surface area contributed by atoms with E-state index in [2.05, 4.69) is 15.1 Å². The minimum atomic E-state index is -5.37. The number of alkyl halides is 3. The van der Waals surface area contributed by atoms with Gasteiger partial charge >= 0.3 is 5.51 Å². The Morgan fingerprint density at radius 1 is 1.15 bits per heavy atom. The standard InChI is InChI=1S/C16H13F3N4O3S/c1-23(10-14-21-15(22-26-14)11-3-2-8-20-9-11)12-4-6-13(7-5-12)27(24,25)16(17,18)19/h2-9H,10H2,1H3. The van der Waals surface area contributed by atoms with Crippen LogP contribution in [0.25, 0.3) is 11.4 Å². The summed E-state index contributed by atoms with van der Waals surface area (Å²) in [5.74, 6) is 0.640. The number of anilines is 1. The van der Waals surface area contributed by atoms with Crippen LogP contribution in [0.1, 0.15) is 5.89 Å². The molecule has 2 heterocycles. The van der Waals surface area contributed by atoms with Crippen molar-refractivity contribution >= 4 is 15.5 Å². The van der Waals surface area contributed by atoms with Crippen LogP contribution in [0.5, 0.6) is 0 Å². The van der Waals surface area contributed by atoms with Crippen molar-refractivity contribution < 1.29 is 26.1 Å². The molecule has 0 fully saturated rings. The van der Waals surface area contributed by atoms with E-state index >= 15 is 0 Å². The Balaban J connectivity index is 1.74. The fraction of sp³-hybridized carbons (Fsp3) is 0.188. The van der Waals surface area contributed by atoms with E-state index in [4.69, 9.17) is 4.52 Å². The van der Waals surface area contributed by atoms with Gasteiger partial charge in [0.15, 0.2) is 0 Å². The zero-order valence-electron chi connectivity index (χ0n) is 13.9. The molecule has 0 saturated carbocycles. The average Bonchev–Trinajstić information content (AvgIpc) is 3.10. The number of hydrogen-bond donors (Lipinski definition) is 0. The van der Waals surface area contributed by atoms with Crippen LogP contribution in [0.4, 0.5) is 18.9 Å². The second-order valence-electron chi connectivity index (χ2n) is 5.55. The van der Waals surface area contributed by atoms with Gasteiger partial charge in [-0.05, 0) is 36.4 Å². The summed E-state index contributed by atoms with van der Waals surface area (Å²) in [5, 5.41) is 3.85. The zero-order chi connectivity index (χ0) is 19.7. The molecule has 0 amide bonds. The molecule has 2 aromatic heterocycles. The highest BCUT2D eigenvalue weighted by Gasteiger charge is 2.46. The Morgan fingerprint density at radius 2 is 1.85 bits per heavy atom. The first-order chi connectivity index (χ1) is 12.7. The van der Waals surface area contributed by atoms with E-state index in [-0.39, 0.29) is 12.4 Å². The molecule has 7 nitrogen and oxygen atoms in total. The minimum Gasteiger partial charge on any atom is -0.365 e. The van der Waals surface area contributed by atoms with Gasteiger partial charge in [-0.3, -0.25) is 4.98 Å². The molecule has 0 saturated heterocycles. The molecule has 0 radical (unpaired) electrons. The summed E-state index contributed by atoms with van der Waals surface area (Å²) in [5.41, 5.74) is -4.18. The number of pyridine rings is 1. The van der Waals surface area contributed by atoms with Gasteiger partial charge in [0.1, 0.15) is 0 Å². The fourth-order valence-corrected chi connectivity index (χ4v) is 3.00. The van der Waals surface area contributed by atoms with E-state index in [0.29, 0.717) is 17.1 Å². The van der Waals surface area contributed by atoms with Crippen molar-refractivity contribution in [3.8, 4) is 11.4 Å². The maximum absolute atomic E-state index is 12.6. The van der Waals surface area contributed by atoms with Gasteiger partial charge in [-0.15, -0.1) is 0 Å². The smallest absolute Gasteiger partial charge is 0.365 e. The molecule has 142 valence electrons. The van der Waals surface area contributed by atoms with Crippen LogP contribution in [0.2, 0.25) is 0 Å². The summed E-state index contributed by atoms with van der Waals surface area (Å²) < 4.78 is 65.7. The van der Waals surface area contributed by atoms with Crippen molar-refractivity contribution in [3.63, 3.8) is 0 Å². The lowest BCUT2D eigenvalue weighted by atomic mass is 10.3. The number of sulfone groups is 1. The molecule has 3 rings (SSSR count). The maximum Gasteiger partial charge on any atom is 0.501 e. The summed E-state index contributed by atoms with van der Waals surface area (Å²) >= 11 is 0. The van der Waals surface area contributed by atoms with Crippen LogP contribution in [0.3, 0.4) is 0 Å². The first-order valence-corrected chi connectivity index (χ1v) is 9.02. The second-order valence-corrected chi connectivity index (χ2v) is 7.49. The molecule has 0 N–H and O–H groups in total. The number of benzene rings is 1. The van der Waals surface area contributed by atoms with E-state index in [9.17, 15) is 21.6 Å². The van der Waals surface area contributed by atoms with Gasteiger partial charge in [0.2, 0.25) is 11.7 Å². The van der Waals surface area contributed by atoms with E-state index in [1.165, 1.54) is 12.1 Å². The lowest BCUT2D eigenvalue weighted by molar-refractivity contribution is -0.0436. The third-order valence-corrected chi connectivity index (χ3v) is 5.15. The van der Waals surface area contributed by atoms with Crippen molar-refractivity contribution in [2.75, 3.05) is 11.9 Å². The molecule has 0 aliphatic heterocycles. The number of hydrogen-bond acceptors (Lipinski definition) is 7. The van der Waals surface area contributed by atoms with Crippen molar-refractivity contribution in [1.82, 2.24) is 15.1 Å². The first-order valence-electron chi connectivity index (χ1n) is 7.54. The van der Waals surface area contributed by atoms with Gasteiger partial charge in [0, 0.05) is 30.7 Å². The Kier molecular flexibility index (Phi) is 4.87. The Hall–Kier alpha value is -2.95. The number of aromatic nitrogens is 3. The monoisotopic (exact) mass is 398 g/mol. The van der Waals surface area contributed by atoms with Crippen LogP contribution in [0.15, 0.2) is 58.2 Å². The molecule has 0 atom stereocenters. The quantitative estimate of drug-likeness (QED) is 0.652. The number of halogens is 3. The maximum atomic E-state index is 12.6. The molecule has 0 spiro atoms. The van der Waals surface area contributed by atoms with Crippen LogP contribution >= 0.6 is 0 Å². The van der Waals surface area contributed by atoms with Crippen molar-refractivity contribution in [2.24, 2.45) is 0 Å². The largest absolute Gasteiger partial charge is 0.501 e. The fourth-order valence-electron chi connectivity index (χ4n) is 2.24. The van der Waals surface area contributed by atoms with Gasteiger partial charge < -0.3 is 9.42 Å². The molecule has 1 aromatic carbocycles. The third kappa shape index (κ3) is 3.92. The molecule has 0 aliphatic carbocycles. The van der Waals surface area contributed by atoms with Gasteiger partial charge in [-0.2, -0.15) is 18.2 Å². The first kappa shape index (κ1) is 18.8. The molecule has 0 unspecified atom stereocenters. The summed E-state index contributed by atoms with van der Waals surface area (Å²) in [6.45, 7) is 0.179. The van der Waals surface area contributed by atoms with Crippen molar-refractivity contribution in [1.29, 1.82) is 0 Å². The van der Waals surface area contributed by atoms with Crippen LogP contribution in [-0.4, -0.2) is 36.1 Å². The van der Waals surface area contributed by atoms with Gasteiger partial charge in [-0.25, -0.2) is 8.42 Å². The predicted molar refractivity (Wildman–Crippen MR) is 89.3 cm³/mol. The van der Waals surface area contributed by atoms with Gasteiger partial charge in [0.05, 0.1) is 11.4 Å². The van der Waals surface area contributed by atoms with Crippen LogP contribution < -0.4 is 4.90 Å². The van der Waals surface area contributed by atoms with Crippen molar-refractivity contribution in [3.05, 3.63) is 54.7 Å². The SMILES string of the molecule is CN(Cc1nc(-c2cccnc2)no1)c1ccc(S(=O)(=O)C(F)(F)F)cc1. The summed E-state index contributed by atoms with van der Waals surface area (Å²) in [6.07, 6.45) is 3.19. The van der Waals surface area contributed by atoms with E-state index < -0.39 is 20.2 Å². The molecular weight excluding hydrogens is 385 g/mol. The van der Waals surface area contributed by atoms with Crippen LogP contribution in [-0.2, 0) is 16.4 Å². The molecular formula is C16H13F3N4O3S. The summed E-state index contributed by atoms with van der Waals surface area (Å²) in [7, 11) is -3.72. The van der Waals surface area contributed by atoms with Crippen LogP contribution in [0, 0.1) is 0 Å². The van der Waals surface area contributed by atoms with Gasteiger partial charge in [0.25, 0.3) is 9.84 Å². The van der Waals surface area contributed by atoms with E-state index in [0.717, 1.165) is 12.1 Å². The minimum absolute atomic E-state index is 0.179. The Morgan fingerprint density at radius 3 is 2.44 bits per heavy atom. The molecule has 11 heteroatoms. The van der Waals surface area contributed by atoms with E-state index in [1.807, 2.05) is 0 Å². The highest BCUT2D eigenvalue weighted by Crippen LogP contribution is 2.31. The summed E-state index contributed by atoms with van der Waals surface area (Å²) in [4.78, 5) is 9.01. The van der Waals surface area contributed by atoms with E-state index in [1.54, 1.807) is 36.5 Å². The lowest BCUT2D eigenvalue weighted by Crippen LogP contribution is -2.23. The highest BCUT2D eigenvalue weighted by atomic mass is 32.2. The highest BCUT2D eigenvalue weighted by molar-refractivity contribution is 7.92. The van der Waals surface area contributed by atoms with Gasteiger partial charge in [-0.1, -0.05) is 5.16 Å². The predicted octanol–water partition coefficient (Wildman–Crippen LogP) is 3.06. The normalized spacial score (nSPS) is 12.1. The molecule has 3 aromatic rings. The average molecular weight is 398 g/mol. The Labute approximate surface area is 152 Å². The third-order valence-electron chi connectivity index (χ3n) is 3.65. The number of rotatable bonds is 5. The summed E-state index contributed by atoms with van der Waals surface area (Å²) in [6, 6.07) is 7.86. The Bertz CT molecular complexity index is 1020. The number of nitrogens with zero attached hydrogens (tertiary/aromatic N) is 4. The second kappa shape index (κ2) is 6.99. The molecule has 0 bridgehead atoms. The van der Waals surface area contributed by atoms with Crippen molar-refractivity contribution in [2.45, 2.75) is 16.9 Å². The zero-order valence-corrected chi connectivity index (χ0v) is 14.7. The molecule has 0 aliphatic rings. The molecule has 27 heavy (non-hydrogen) atoms. The lowest BCUT2D eigenvalue weighted by Gasteiger charge is -2.17.